The third-order valence-corrected chi connectivity index (χ3v) is 3.70. The predicted octanol–water partition coefficient (Wildman–Crippen LogP) is 1.60. The molecule has 0 aliphatic carbocycles. The Bertz CT molecular complexity index is 381. The molecule has 1 N–H and O–H groups in total. The van der Waals surface area contributed by atoms with Crippen molar-refractivity contribution in [2.24, 2.45) is 0 Å². The standard InChI is InChI=1S/C10H17N3O3S/c1-8(3-5-14)17-6-4-12-9(2)11-7-10(12)13(15)16/h7-8,14H,3-6H2,1-2H3. The van der Waals surface area contributed by atoms with Crippen LogP contribution >= 0.6 is 11.8 Å². The van der Waals surface area contributed by atoms with E-state index in [9.17, 15) is 10.1 Å². The first-order chi connectivity index (χ1) is 8.06. The van der Waals surface area contributed by atoms with E-state index in [-0.39, 0.29) is 12.4 Å². The minimum Gasteiger partial charge on any atom is -0.396 e. The SMILES string of the molecule is Cc1ncc([N+](=O)[O-])n1CCSC(C)CCO. The van der Waals surface area contributed by atoms with Crippen LogP contribution in [0.4, 0.5) is 5.82 Å². The van der Waals surface area contributed by atoms with Gasteiger partial charge in [-0.05, 0) is 11.3 Å². The Morgan fingerprint density at radius 1 is 1.71 bits per heavy atom. The molecule has 1 heterocycles. The van der Waals surface area contributed by atoms with Crippen LogP contribution in [0.3, 0.4) is 0 Å². The number of hydrogen-bond acceptors (Lipinski definition) is 5. The Labute approximate surface area is 104 Å². The second kappa shape index (κ2) is 6.61. The molecule has 1 aromatic rings. The minimum atomic E-state index is -0.415. The molecule has 0 fully saturated rings. The summed E-state index contributed by atoms with van der Waals surface area (Å²) in [5, 5.41) is 19.9. The van der Waals surface area contributed by atoms with E-state index in [1.54, 1.807) is 23.3 Å². The summed E-state index contributed by atoms with van der Waals surface area (Å²) in [6.07, 6.45) is 2.03. The van der Waals surface area contributed by atoms with Gasteiger partial charge in [-0.3, -0.25) is 0 Å². The fourth-order valence-electron chi connectivity index (χ4n) is 1.49. The van der Waals surface area contributed by atoms with E-state index in [2.05, 4.69) is 4.98 Å². The van der Waals surface area contributed by atoms with Gasteiger partial charge in [-0.2, -0.15) is 11.8 Å². The van der Waals surface area contributed by atoms with Gasteiger partial charge in [0.05, 0.1) is 0 Å². The molecule has 0 aliphatic heterocycles. The molecule has 17 heavy (non-hydrogen) atoms. The van der Waals surface area contributed by atoms with Crippen LogP contribution in [0, 0.1) is 17.0 Å². The van der Waals surface area contributed by atoms with Crippen molar-refractivity contribution in [2.75, 3.05) is 12.4 Å². The van der Waals surface area contributed by atoms with E-state index in [1.165, 1.54) is 6.20 Å². The number of imidazole rings is 1. The van der Waals surface area contributed by atoms with Crippen LogP contribution in [0.15, 0.2) is 6.20 Å². The van der Waals surface area contributed by atoms with Crippen LogP contribution < -0.4 is 0 Å². The Hall–Kier alpha value is -1.08. The van der Waals surface area contributed by atoms with E-state index >= 15 is 0 Å². The van der Waals surface area contributed by atoms with Gasteiger partial charge in [0.1, 0.15) is 12.7 Å². The van der Waals surface area contributed by atoms with Crippen molar-refractivity contribution < 1.29 is 10.0 Å². The molecule has 0 aromatic carbocycles. The quantitative estimate of drug-likeness (QED) is 0.594. The second-order valence-electron chi connectivity index (χ2n) is 3.77. The van der Waals surface area contributed by atoms with Crippen molar-refractivity contribution in [3.05, 3.63) is 22.1 Å². The molecule has 6 nitrogen and oxygen atoms in total. The molecular weight excluding hydrogens is 242 g/mol. The average molecular weight is 259 g/mol. The van der Waals surface area contributed by atoms with Gasteiger partial charge >= 0.3 is 5.82 Å². The minimum absolute atomic E-state index is 0.0397. The number of rotatable bonds is 7. The first-order valence-electron chi connectivity index (χ1n) is 5.45. The molecule has 0 bridgehead atoms. The second-order valence-corrected chi connectivity index (χ2v) is 5.31. The molecule has 0 aliphatic rings. The highest BCUT2D eigenvalue weighted by molar-refractivity contribution is 7.99. The maximum atomic E-state index is 10.7. The number of thioether (sulfide) groups is 1. The zero-order valence-corrected chi connectivity index (χ0v) is 10.8. The number of aliphatic hydroxyl groups is 1. The van der Waals surface area contributed by atoms with Crippen LogP contribution in [0.1, 0.15) is 19.2 Å². The summed E-state index contributed by atoms with van der Waals surface area (Å²) < 4.78 is 1.61. The van der Waals surface area contributed by atoms with Gasteiger partial charge in [0.15, 0.2) is 5.82 Å². The van der Waals surface area contributed by atoms with Crippen molar-refractivity contribution in [1.82, 2.24) is 9.55 Å². The molecular formula is C10H17N3O3S. The summed E-state index contributed by atoms with van der Waals surface area (Å²) in [5.41, 5.74) is 0. The lowest BCUT2D eigenvalue weighted by Gasteiger charge is -2.08. The molecule has 0 saturated carbocycles. The highest BCUT2D eigenvalue weighted by atomic mass is 32.2. The third-order valence-electron chi connectivity index (χ3n) is 2.47. The van der Waals surface area contributed by atoms with Crippen molar-refractivity contribution >= 4 is 17.6 Å². The summed E-state index contributed by atoms with van der Waals surface area (Å²) in [6, 6.07) is 0. The van der Waals surface area contributed by atoms with Crippen LogP contribution in [-0.4, -0.2) is 37.2 Å². The fourth-order valence-corrected chi connectivity index (χ4v) is 2.45. The largest absolute Gasteiger partial charge is 0.396 e. The fraction of sp³-hybridized carbons (Fsp3) is 0.700. The molecule has 1 rings (SSSR count). The molecule has 1 unspecified atom stereocenters. The lowest BCUT2D eigenvalue weighted by Crippen LogP contribution is -2.09. The normalized spacial score (nSPS) is 12.6. The maximum absolute atomic E-state index is 10.7. The average Bonchev–Trinajstić information content (AvgIpc) is 2.61. The van der Waals surface area contributed by atoms with Gasteiger partial charge in [0, 0.05) is 24.5 Å². The number of aromatic nitrogens is 2. The Morgan fingerprint density at radius 3 is 3.00 bits per heavy atom. The Kier molecular flexibility index (Phi) is 5.43. The lowest BCUT2D eigenvalue weighted by molar-refractivity contribution is -0.392. The zero-order valence-electron chi connectivity index (χ0n) is 10.00. The van der Waals surface area contributed by atoms with Gasteiger partial charge in [0.2, 0.25) is 0 Å². The van der Waals surface area contributed by atoms with Gasteiger partial charge in [0.25, 0.3) is 0 Å². The van der Waals surface area contributed by atoms with Crippen LogP contribution in [0.25, 0.3) is 0 Å². The summed E-state index contributed by atoms with van der Waals surface area (Å²) in [5.74, 6) is 1.48. The van der Waals surface area contributed by atoms with Crippen molar-refractivity contribution in [2.45, 2.75) is 32.1 Å². The van der Waals surface area contributed by atoms with Crippen molar-refractivity contribution in [1.29, 1.82) is 0 Å². The van der Waals surface area contributed by atoms with Gasteiger partial charge in [-0.1, -0.05) is 6.92 Å². The number of nitro groups is 1. The molecule has 0 spiro atoms. The van der Waals surface area contributed by atoms with Gasteiger partial charge < -0.3 is 15.2 Å². The molecule has 0 saturated heterocycles. The predicted molar refractivity (Wildman–Crippen MR) is 67.2 cm³/mol. The topological polar surface area (TPSA) is 81.2 Å². The smallest absolute Gasteiger partial charge is 0.342 e. The molecule has 1 atom stereocenters. The highest BCUT2D eigenvalue weighted by Crippen LogP contribution is 2.18. The van der Waals surface area contributed by atoms with Crippen molar-refractivity contribution in [3.8, 4) is 0 Å². The third kappa shape index (κ3) is 4.01. The molecule has 96 valence electrons. The number of hydrogen-bond donors (Lipinski definition) is 1. The number of nitrogens with zero attached hydrogens (tertiary/aromatic N) is 3. The maximum Gasteiger partial charge on any atom is 0.342 e. The summed E-state index contributed by atoms with van der Waals surface area (Å²) in [7, 11) is 0. The summed E-state index contributed by atoms with van der Waals surface area (Å²) >= 11 is 1.70. The van der Waals surface area contributed by atoms with Gasteiger partial charge in [-0.15, -0.1) is 0 Å². The highest BCUT2D eigenvalue weighted by Gasteiger charge is 2.16. The van der Waals surface area contributed by atoms with Crippen LogP contribution in [-0.2, 0) is 6.54 Å². The molecule has 1 aromatic heterocycles. The molecule has 7 heteroatoms. The first-order valence-corrected chi connectivity index (χ1v) is 6.50. The van der Waals surface area contributed by atoms with Gasteiger partial charge in [-0.25, -0.2) is 9.55 Å². The van der Waals surface area contributed by atoms with Crippen LogP contribution in [0.2, 0.25) is 0 Å². The summed E-state index contributed by atoms with van der Waals surface area (Å²) in [4.78, 5) is 14.3. The van der Waals surface area contributed by atoms with E-state index in [0.29, 0.717) is 17.6 Å². The number of aryl methyl sites for hydroxylation is 1. The molecule has 0 amide bonds. The van der Waals surface area contributed by atoms with E-state index in [1.807, 2.05) is 6.92 Å². The zero-order chi connectivity index (χ0) is 12.8. The first kappa shape index (κ1) is 14.0. The van der Waals surface area contributed by atoms with Crippen molar-refractivity contribution in [3.63, 3.8) is 0 Å². The Balaban J connectivity index is 2.51. The van der Waals surface area contributed by atoms with E-state index < -0.39 is 4.92 Å². The Morgan fingerprint density at radius 2 is 2.41 bits per heavy atom. The van der Waals surface area contributed by atoms with E-state index in [0.717, 1.165) is 12.2 Å². The summed E-state index contributed by atoms with van der Waals surface area (Å²) in [6.45, 7) is 4.55. The number of aliphatic hydroxyl groups excluding tert-OH is 1. The lowest BCUT2D eigenvalue weighted by atomic mass is 10.3. The van der Waals surface area contributed by atoms with E-state index in [4.69, 9.17) is 5.11 Å². The van der Waals surface area contributed by atoms with Crippen LogP contribution in [0.5, 0.6) is 0 Å². The molecule has 0 radical (unpaired) electrons. The monoisotopic (exact) mass is 259 g/mol.